The van der Waals surface area contributed by atoms with Gasteiger partial charge in [-0.2, -0.15) is 0 Å². The quantitative estimate of drug-likeness (QED) is 0.347. The van der Waals surface area contributed by atoms with Crippen LogP contribution < -0.4 is 4.74 Å². The zero-order valence-electron chi connectivity index (χ0n) is 19.7. The van der Waals surface area contributed by atoms with Gasteiger partial charge in [0.25, 0.3) is 0 Å². The molecule has 3 atom stereocenters. The number of benzene rings is 4. The van der Waals surface area contributed by atoms with E-state index in [2.05, 4.69) is 18.2 Å². The van der Waals surface area contributed by atoms with Gasteiger partial charge in [0.05, 0.1) is 12.0 Å². The third kappa shape index (κ3) is 3.73. The minimum absolute atomic E-state index is 0.0912. The molecule has 36 heavy (non-hydrogen) atoms. The van der Waals surface area contributed by atoms with Gasteiger partial charge in [-0.1, -0.05) is 66.7 Å². The van der Waals surface area contributed by atoms with Crippen LogP contribution in [-0.2, 0) is 12.1 Å². The molecule has 178 valence electrons. The molecule has 5 nitrogen and oxygen atoms in total. The van der Waals surface area contributed by atoms with Gasteiger partial charge >= 0.3 is 0 Å². The normalized spacial score (nSPS) is 22.6. The summed E-state index contributed by atoms with van der Waals surface area (Å²) in [7, 11) is 0. The molecule has 2 N–H and O–H groups in total. The van der Waals surface area contributed by atoms with Crippen LogP contribution >= 0.6 is 0 Å². The predicted octanol–water partition coefficient (Wildman–Crippen LogP) is 6.18. The molecule has 0 radical (unpaired) electrons. The maximum absolute atomic E-state index is 10.4. The summed E-state index contributed by atoms with van der Waals surface area (Å²) in [6, 6.07) is 30.4. The first-order chi connectivity index (χ1) is 17.7. The Balaban J connectivity index is 1.53. The number of phenolic OH excluding ortho intramolecular Hbond substituents is 2. The fourth-order valence-electron chi connectivity index (χ4n) is 5.39. The first-order valence-electron chi connectivity index (χ1n) is 12.2. The van der Waals surface area contributed by atoms with Crippen LogP contribution in [0.5, 0.6) is 17.2 Å². The summed E-state index contributed by atoms with van der Waals surface area (Å²) >= 11 is 0. The van der Waals surface area contributed by atoms with E-state index in [1.807, 2.05) is 54.6 Å². The number of ether oxygens (including phenoxy) is 1. The molecule has 0 fully saturated rings. The van der Waals surface area contributed by atoms with Crippen LogP contribution in [0, 0.1) is 5.92 Å². The zero-order valence-corrected chi connectivity index (χ0v) is 19.7. The number of hydrogen-bond acceptors (Lipinski definition) is 5. The average Bonchev–Trinajstić information content (AvgIpc) is 2.91. The van der Waals surface area contributed by atoms with Gasteiger partial charge in [-0.15, -0.1) is 0 Å². The molecule has 1 aliphatic heterocycles. The number of phenols is 2. The molecule has 0 bridgehead atoms. The van der Waals surface area contributed by atoms with E-state index < -0.39 is 5.72 Å². The molecule has 1 aliphatic carbocycles. The van der Waals surface area contributed by atoms with Crippen molar-refractivity contribution in [3.63, 3.8) is 0 Å². The lowest BCUT2D eigenvalue weighted by atomic mass is 9.70. The summed E-state index contributed by atoms with van der Waals surface area (Å²) in [5.74, 6) is 1.01. The van der Waals surface area contributed by atoms with Crippen molar-refractivity contribution in [3.05, 3.63) is 125 Å². The Morgan fingerprint density at radius 1 is 0.750 bits per heavy atom. The Hall–Kier alpha value is -4.38. The highest BCUT2D eigenvalue weighted by molar-refractivity contribution is 5.84. The van der Waals surface area contributed by atoms with Crippen molar-refractivity contribution < 1.29 is 14.9 Å². The number of nitrogens with zero attached hydrogens (tertiary/aromatic N) is 2. The molecule has 4 aromatic carbocycles. The fraction of sp³-hybridized carbons (Fsp3) is 0.161. The molecule has 1 heterocycles. The van der Waals surface area contributed by atoms with Gasteiger partial charge in [0.15, 0.2) is 0 Å². The van der Waals surface area contributed by atoms with E-state index >= 15 is 0 Å². The SMILES string of the molecule is Oc1ccccc1C=N[C@@H]1c2ccccc2O[C@]2(/N=C/c3ccccc3O)c3ccccc3CCC12. The van der Waals surface area contributed by atoms with Crippen LogP contribution in [0.1, 0.15) is 40.3 Å². The highest BCUT2D eigenvalue weighted by Crippen LogP contribution is 2.55. The van der Waals surface area contributed by atoms with Gasteiger partial charge in [-0.25, -0.2) is 4.99 Å². The van der Waals surface area contributed by atoms with Crippen molar-refractivity contribution in [1.29, 1.82) is 0 Å². The van der Waals surface area contributed by atoms with E-state index in [1.165, 1.54) is 5.56 Å². The van der Waals surface area contributed by atoms with Crippen molar-refractivity contribution in [1.82, 2.24) is 0 Å². The van der Waals surface area contributed by atoms with Gasteiger partial charge in [-0.3, -0.25) is 4.99 Å². The number of aryl methyl sites for hydroxylation is 1. The highest BCUT2D eigenvalue weighted by atomic mass is 16.5. The second-order valence-electron chi connectivity index (χ2n) is 9.24. The lowest BCUT2D eigenvalue weighted by Crippen LogP contribution is -2.48. The summed E-state index contributed by atoms with van der Waals surface area (Å²) in [6.45, 7) is 0. The average molecular weight is 475 g/mol. The minimum Gasteiger partial charge on any atom is -0.507 e. The van der Waals surface area contributed by atoms with E-state index in [0.717, 1.165) is 29.7 Å². The number of aromatic hydroxyl groups is 2. The summed E-state index contributed by atoms with van der Waals surface area (Å²) in [4.78, 5) is 10.1. The zero-order chi connectivity index (χ0) is 24.5. The van der Waals surface area contributed by atoms with Crippen LogP contribution in [0.3, 0.4) is 0 Å². The van der Waals surface area contributed by atoms with Gasteiger partial charge in [0.2, 0.25) is 5.72 Å². The second kappa shape index (κ2) is 9.00. The van der Waals surface area contributed by atoms with Crippen molar-refractivity contribution in [2.75, 3.05) is 0 Å². The Labute approximate surface area is 210 Å². The molecule has 0 saturated carbocycles. The third-order valence-corrected chi connectivity index (χ3v) is 7.16. The summed E-state index contributed by atoms with van der Waals surface area (Å²) in [5.41, 5.74) is 3.51. The fourth-order valence-corrected chi connectivity index (χ4v) is 5.39. The minimum atomic E-state index is -1.01. The van der Waals surface area contributed by atoms with Gasteiger partial charge in [0.1, 0.15) is 17.2 Å². The lowest BCUT2D eigenvalue weighted by molar-refractivity contribution is -0.0295. The summed E-state index contributed by atoms with van der Waals surface area (Å²) in [6.07, 6.45) is 5.18. The maximum Gasteiger partial charge on any atom is 0.231 e. The molecule has 0 saturated heterocycles. The smallest absolute Gasteiger partial charge is 0.231 e. The molecule has 0 spiro atoms. The number of fused-ring (bicyclic) bond motifs is 4. The number of rotatable bonds is 4. The lowest BCUT2D eigenvalue weighted by Gasteiger charge is -2.48. The Kier molecular flexibility index (Phi) is 5.53. The first kappa shape index (κ1) is 22.1. The predicted molar refractivity (Wildman–Crippen MR) is 141 cm³/mol. The molecular formula is C31H26N2O3. The van der Waals surface area contributed by atoms with Crippen molar-refractivity contribution in [3.8, 4) is 17.2 Å². The van der Waals surface area contributed by atoms with Gasteiger partial charge < -0.3 is 14.9 Å². The van der Waals surface area contributed by atoms with Crippen LogP contribution in [0.25, 0.3) is 0 Å². The molecule has 1 unspecified atom stereocenters. The Morgan fingerprint density at radius 2 is 1.39 bits per heavy atom. The largest absolute Gasteiger partial charge is 0.507 e. The van der Waals surface area contributed by atoms with Crippen molar-refractivity contribution >= 4 is 12.4 Å². The standard InChI is InChI=1S/C31H26N2O3/c34-27-14-6-2-10-22(27)19-32-30-24-12-4-8-16-29(24)36-31(33-20-23-11-3-7-15-28(23)35)25-13-5-1-9-21(25)17-18-26(30)31/h1-16,19-20,26,30,34-35H,17-18H2/b32-19?,33-20+/t26?,30-,31-/m1/s1. The molecule has 6 rings (SSSR count). The van der Waals surface area contributed by atoms with E-state index in [-0.39, 0.29) is 23.5 Å². The van der Waals surface area contributed by atoms with Crippen LogP contribution in [-0.4, -0.2) is 22.6 Å². The Morgan fingerprint density at radius 3 is 2.17 bits per heavy atom. The second-order valence-corrected chi connectivity index (χ2v) is 9.24. The van der Waals surface area contributed by atoms with Gasteiger partial charge in [0, 0.05) is 34.7 Å². The van der Waals surface area contributed by atoms with Crippen molar-refractivity contribution in [2.24, 2.45) is 15.9 Å². The first-order valence-corrected chi connectivity index (χ1v) is 12.2. The van der Waals surface area contributed by atoms with Crippen LogP contribution in [0.4, 0.5) is 0 Å². The number of hydrogen-bond donors (Lipinski definition) is 2. The molecule has 5 heteroatoms. The van der Waals surface area contributed by atoms with Gasteiger partial charge in [-0.05, 0) is 48.7 Å². The molecule has 0 aromatic heterocycles. The number of aliphatic imine (C=N–C) groups is 2. The third-order valence-electron chi connectivity index (χ3n) is 7.16. The monoisotopic (exact) mass is 474 g/mol. The maximum atomic E-state index is 10.4. The van der Waals surface area contributed by atoms with E-state index in [4.69, 9.17) is 14.7 Å². The highest BCUT2D eigenvalue weighted by Gasteiger charge is 2.53. The summed E-state index contributed by atoms with van der Waals surface area (Å²) < 4.78 is 6.81. The summed E-state index contributed by atoms with van der Waals surface area (Å²) in [5, 5.41) is 20.7. The van der Waals surface area contributed by atoms with E-state index in [9.17, 15) is 10.2 Å². The van der Waals surface area contributed by atoms with Crippen LogP contribution in [0.15, 0.2) is 107 Å². The number of para-hydroxylation sites is 3. The van der Waals surface area contributed by atoms with Crippen LogP contribution in [0.2, 0.25) is 0 Å². The topological polar surface area (TPSA) is 74.4 Å². The van der Waals surface area contributed by atoms with E-state index in [1.54, 1.807) is 36.7 Å². The molecular weight excluding hydrogens is 448 g/mol. The molecule has 2 aliphatic rings. The Bertz CT molecular complexity index is 1480. The van der Waals surface area contributed by atoms with E-state index in [0.29, 0.717) is 11.1 Å². The molecule has 4 aromatic rings. The molecule has 0 amide bonds. The van der Waals surface area contributed by atoms with Crippen molar-refractivity contribution in [2.45, 2.75) is 24.6 Å².